The summed E-state index contributed by atoms with van der Waals surface area (Å²) in [5, 5.41) is 0. The maximum atomic E-state index is 5.81. The molecule has 3 rings (SSSR count). The molecule has 0 spiro atoms. The maximum absolute atomic E-state index is 5.81. The molecule has 2 nitrogen and oxygen atoms in total. The zero-order valence-corrected chi connectivity index (χ0v) is 15.5. The largest absolute Gasteiger partial charge is 0.362 e. The predicted octanol–water partition coefficient (Wildman–Crippen LogP) is 4.87. The van der Waals surface area contributed by atoms with Crippen LogP contribution < -0.4 is 0 Å². The quantitative estimate of drug-likeness (QED) is 0.727. The number of aryl methyl sites for hydroxylation is 3. The number of nitrogens with zero attached hydrogens (tertiary/aromatic N) is 2. The third-order valence-corrected chi connectivity index (χ3v) is 5.53. The van der Waals surface area contributed by atoms with E-state index in [1.54, 1.807) is 0 Å². The Balaban J connectivity index is 1.98. The highest BCUT2D eigenvalue weighted by Crippen LogP contribution is 2.25. The van der Waals surface area contributed by atoms with E-state index in [4.69, 9.17) is 12.2 Å². The molecule has 0 unspecified atom stereocenters. The first-order chi connectivity index (χ1) is 11.0. The molecule has 1 aliphatic rings. The summed E-state index contributed by atoms with van der Waals surface area (Å²) in [6.45, 7) is 10.9. The van der Waals surface area contributed by atoms with E-state index < -0.39 is 0 Å². The van der Waals surface area contributed by atoms with Crippen LogP contribution in [0.3, 0.4) is 0 Å². The molecular weight excluding hydrogens is 300 g/mol. The molecule has 0 amide bonds. The molecule has 2 aromatic rings. The van der Waals surface area contributed by atoms with Gasteiger partial charge in [-0.05, 0) is 76.3 Å². The van der Waals surface area contributed by atoms with Crippen molar-refractivity contribution < 1.29 is 0 Å². The lowest BCUT2D eigenvalue weighted by molar-refractivity contribution is 0.347. The summed E-state index contributed by atoms with van der Waals surface area (Å²) in [5.74, 6) is 0. The molecule has 0 radical (unpaired) electrons. The average molecular weight is 327 g/mol. The molecule has 1 aromatic heterocycles. The third kappa shape index (κ3) is 3.07. The second kappa shape index (κ2) is 6.48. The Morgan fingerprint density at radius 1 is 0.913 bits per heavy atom. The fraction of sp³-hybridized carbons (Fsp3) is 0.450. The van der Waals surface area contributed by atoms with Crippen molar-refractivity contribution in [2.75, 3.05) is 13.1 Å². The van der Waals surface area contributed by atoms with Crippen LogP contribution >= 0.6 is 12.2 Å². The molecule has 23 heavy (non-hydrogen) atoms. The zero-order valence-electron chi connectivity index (χ0n) is 14.6. The third-order valence-electron chi connectivity index (χ3n) is 5.05. The van der Waals surface area contributed by atoms with Gasteiger partial charge < -0.3 is 9.47 Å². The normalized spacial score (nSPS) is 15.0. The van der Waals surface area contributed by atoms with Gasteiger partial charge in [-0.25, -0.2) is 0 Å². The molecule has 122 valence electrons. The van der Waals surface area contributed by atoms with Crippen molar-refractivity contribution in [3.05, 3.63) is 52.3 Å². The van der Waals surface area contributed by atoms with Crippen molar-refractivity contribution in [2.24, 2.45) is 0 Å². The number of benzene rings is 1. The van der Waals surface area contributed by atoms with Gasteiger partial charge in [-0.2, -0.15) is 0 Å². The van der Waals surface area contributed by atoms with E-state index in [-0.39, 0.29) is 0 Å². The van der Waals surface area contributed by atoms with Crippen LogP contribution in [0.5, 0.6) is 0 Å². The number of likely N-dealkylation sites (tertiary alicyclic amines) is 1. The summed E-state index contributed by atoms with van der Waals surface area (Å²) >= 11 is 5.81. The van der Waals surface area contributed by atoms with Crippen molar-refractivity contribution in [2.45, 2.75) is 47.0 Å². The molecule has 0 saturated carbocycles. The Morgan fingerprint density at radius 2 is 1.61 bits per heavy atom. The van der Waals surface area contributed by atoms with Gasteiger partial charge in [0, 0.05) is 35.7 Å². The molecule has 2 heterocycles. The summed E-state index contributed by atoms with van der Waals surface area (Å²) in [4.78, 5) is 3.40. The Kier molecular flexibility index (Phi) is 4.58. The molecule has 0 atom stereocenters. The minimum Gasteiger partial charge on any atom is -0.362 e. The maximum Gasteiger partial charge on any atom is 0.111 e. The van der Waals surface area contributed by atoms with Crippen molar-refractivity contribution in [3.8, 4) is 5.69 Å². The molecule has 1 fully saturated rings. The topological polar surface area (TPSA) is 8.17 Å². The van der Waals surface area contributed by atoms with Gasteiger partial charge in [0.05, 0.1) is 0 Å². The van der Waals surface area contributed by atoms with E-state index in [9.17, 15) is 0 Å². The van der Waals surface area contributed by atoms with E-state index >= 15 is 0 Å². The number of aromatic nitrogens is 1. The van der Waals surface area contributed by atoms with Gasteiger partial charge in [0.1, 0.15) is 4.99 Å². The van der Waals surface area contributed by atoms with Gasteiger partial charge in [0.25, 0.3) is 0 Å². The minimum atomic E-state index is 1.02. The van der Waals surface area contributed by atoms with Gasteiger partial charge in [0.2, 0.25) is 0 Å². The second-order valence-corrected chi connectivity index (χ2v) is 7.13. The van der Waals surface area contributed by atoms with Gasteiger partial charge >= 0.3 is 0 Å². The first-order valence-corrected chi connectivity index (χ1v) is 8.95. The van der Waals surface area contributed by atoms with E-state index in [0.29, 0.717) is 0 Å². The van der Waals surface area contributed by atoms with Crippen LogP contribution in [0.15, 0.2) is 24.3 Å². The first-order valence-electron chi connectivity index (χ1n) is 8.55. The number of piperidine rings is 1. The summed E-state index contributed by atoms with van der Waals surface area (Å²) in [5.41, 5.74) is 7.62. The van der Waals surface area contributed by atoms with Crippen molar-refractivity contribution in [1.82, 2.24) is 9.47 Å². The van der Waals surface area contributed by atoms with Gasteiger partial charge in [-0.15, -0.1) is 0 Å². The molecule has 0 aliphatic carbocycles. The number of thiocarbonyl (C=S) groups is 1. The fourth-order valence-corrected chi connectivity index (χ4v) is 3.90. The Bertz CT molecular complexity index is 736. The van der Waals surface area contributed by atoms with Crippen LogP contribution in [0.1, 0.15) is 47.3 Å². The number of rotatable bonds is 2. The SMILES string of the molecule is Cc1ccc(-n2c(C)cc(C(=S)N3CCCCC3)c2C)cc1C. The van der Waals surface area contributed by atoms with Crippen LogP contribution in [0.25, 0.3) is 5.69 Å². The molecule has 0 N–H and O–H groups in total. The summed E-state index contributed by atoms with van der Waals surface area (Å²) in [7, 11) is 0. The van der Waals surface area contributed by atoms with Crippen LogP contribution in [-0.4, -0.2) is 27.5 Å². The molecule has 0 bridgehead atoms. The Hall–Kier alpha value is -1.61. The van der Waals surface area contributed by atoms with Crippen LogP contribution in [0.2, 0.25) is 0 Å². The lowest BCUT2D eigenvalue weighted by Gasteiger charge is -2.29. The average Bonchev–Trinajstić information content (AvgIpc) is 2.85. The van der Waals surface area contributed by atoms with Crippen LogP contribution in [0.4, 0.5) is 0 Å². The molecular formula is C20H26N2S. The van der Waals surface area contributed by atoms with E-state index in [1.807, 2.05) is 0 Å². The highest BCUT2D eigenvalue weighted by atomic mass is 32.1. The highest BCUT2D eigenvalue weighted by molar-refractivity contribution is 7.80. The number of hydrogen-bond acceptors (Lipinski definition) is 1. The van der Waals surface area contributed by atoms with Crippen molar-refractivity contribution in [1.29, 1.82) is 0 Å². The summed E-state index contributed by atoms with van der Waals surface area (Å²) < 4.78 is 2.33. The molecule has 1 aliphatic heterocycles. The minimum absolute atomic E-state index is 1.02. The number of hydrogen-bond donors (Lipinski definition) is 0. The summed E-state index contributed by atoms with van der Waals surface area (Å²) in [6.07, 6.45) is 3.85. The monoisotopic (exact) mass is 326 g/mol. The van der Waals surface area contributed by atoms with Crippen LogP contribution in [0, 0.1) is 27.7 Å². The van der Waals surface area contributed by atoms with Crippen molar-refractivity contribution >= 4 is 17.2 Å². The smallest absolute Gasteiger partial charge is 0.111 e. The zero-order chi connectivity index (χ0) is 16.6. The fourth-order valence-electron chi connectivity index (χ4n) is 3.51. The summed E-state index contributed by atoms with van der Waals surface area (Å²) in [6, 6.07) is 8.92. The Labute approximate surface area is 145 Å². The first kappa shape index (κ1) is 16.3. The van der Waals surface area contributed by atoms with E-state index in [0.717, 1.165) is 18.1 Å². The van der Waals surface area contributed by atoms with Crippen molar-refractivity contribution in [3.63, 3.8) is 0 Å². The predicted molar refractivity (Wildman–Crippen MR) is 102 cm³/mol. The van der Waals surface area contributed by atoms with Crippen LogP contribution in [-0.2, 0) is 0 Å². The second-order valence-electron chi connectivity index (χ2n) is 6.74. The lowest BCUT2D eigenvalue weighted by atomic mass is 10.1. The van der Waals surface area contributed by atoms with Gasteiger partial charge in [-0.3, -0.25) is 0 Å². The Morgan fingerprint density at radius 3 is 2.26 bits per heavy atom. The van der Waals surface area contributed by atoms with E-state index in [2.05, 4.69) is 61.4 Å². The molecule has 1 saturated heterocycles. The van der Waals surface area contributed by atoms with Gasteiger partial charge in [0.15, 0.2) is 0 Å². The molecule has 3 heteroatoms. The highest BCUT2D eigenvalue weighted by Gasteiger charge is 2.20. The lowest BCUT2D eigenvalue weighted by Crippen LogP contribution is -2.35. The van der Waals surface area contributed by atoms with Gasteiger partial charge in [-0.1, -0.05) is 18.3 Å². The standard InChI is InChI=1S/C20H26N2S/c1-14-8-9-18(12-15(14)2)22-16(3)13-19(17(22)4)20(23)21-10-6-5-7-11-21/h8-9,12-13H,5-7,10-11H2,1-4H3. The van der Waals surface area contributed by atoms with E-state index in [1.165, 1.54) is 53.0 Å². The molecule has 1 aromatic carbocycles.